The molecule has 150 valence electrons. The SMILES string of the molecule is CN(C)C(=O)CN=C(NCCc1ccco1)N1CCC(N2CC=CC2)C1.I. The van der Waals surface area contributed by atoms with E-state index in [0.29, 0.717) is 6.04 Å². The van der Waals surface area contributed by atoms with Gasteiger partial charge in [0, 0.05) is 59.3 Å². The van der Waals surface area contributed by atoms with Crippen LogP contribution in [0.25, 0.3) is 0 Å². The van der Waals surface area contributed by atoms with Crippen molar-refractivity contribution in [2.75, 3.05) is 53.4 Å². The summed E-state index contributed by atoms with van der Waals surface area (Å²) in [6.45, 7) is 4.89. The summed E-state index contributed by atoms with van der Waals surface area (Å²) < 4.78 is 5.39. The number of furan rings is 1. The third-order valence-corrected chi connectivity index (χ3v) is 4.92. The first-order valence-electron chi connectivity index (χ1n) is 9.28. The zero-order valence-electron chi connectivity index (χ0n) is 16.1. The number of guanidine groups is 1. The van der Waals surface area contributed by atoms with Gasteiger partial charge >= 0.3 is 0 Å². The minimum Gasteiger partial charge on any atom is -0.469 e. The monoisotopic (exact) mass is 487 g/mol. The first-order valence-corrected chi connectivity index (χ1v) is 9.28. The minimum atomic E-state index is 0. The van der Waals surface area contributed by atoms with Gasteiger partial charge < -0.3 is 19.5 Å². The molecule has 1 aromatic heterocycles. The van der Waals surface area contributed by atoms with E-state index in [2.05, 4.69) is 32.3 Å². The van der Waals surface area contributed by atoms with Crippen LogP contribution in [0.2, 0.25) is 0 Å². The summed E-state index contributed by atoms with van der Waals surface area (Å²) in [5.41, 5.74) is 0. The number of hydrogen-bond acceptors (Lipinski definition) is 4. The summed E-state index contributed by atoms with van der Waals surface area (Å²) in [5, 5.41) is 3.42. The van der Waals surface area contributed by atoms with Crippen LogP contribution in [0, 0.1) is 0 Å². The maximum Gasteiger partial charge on any atom is 0.243 e. The van der Waals surface area contributed by atoms with E-state index < -0.39 is 0 Å². The van der Waals surface area contributed by atoms with E-state index in [-0.39, 0.29) is 36.4 Å². The van der Waals surface area contributed by atoms with Gasteiger partial charge in [0.25, 0.3) is 0 Å². The average molecular weight is 487 g/mol. The minimum absolute atomic E-state index is 0. The molecule has 1 saturated heterocycles. The van der Waals surface area contributed by atoms with E-state index in [4.69, 9.17) is 4.42 Å². The highest BCUT2D eigenvalue weighted by Crippen LogP contribution is 2.18. The van der Waals surface area contributed by atoms with Crippen LogP contribution in [0.4, 0.5) is 0 Å². The van der Waals surface area contributed by atoms with Crippen molar-refractivity contribution < 1.29 is 9.21 Å². The fraction of sp³-hybridized carbons (Fsp3) is 0.579. The van der Waals surface area contributed by atoms with E-state index in [1.54, 1.807) is 25.3 Å². The van der Waals surface area contributed by atoms with E-state index in [9.17, 15) is 4.79 Å². The number of likely N-dealkylation sites (N-methyl/N-ethyl adjacent to an activating group) is 1. The molecule has 0 aliphatic carbocycles. The zero-order chi connectivity index (χ0) is 18.4. The van der Waals surface area contributed by atoms with Crippen LogP contribution in [-0.2, 0) is 11.2 Å². The Labute approximate surface area is 178 Å². The lowest BCUT2D eigenvalue weighted by atomic mass is 10.2. The largest absolute Gasteiger partial charge is 0.469 e. The molecule has 7 nitrogen and oxygen atoms in total. The molecule has 3 heterocycles. The van der Waals surface area contributed by atoms with Gasteiger partial charge in [-0.1, -0.05) is 12.2 Å². The second-order valence-electron chi connectivity index (χ2n) is 7.00. The van der Waals surface area contributed by atoms with Gasteiger partial charge in [-0.25, -0.2) is 4.99 Å². The third kappa shape index (κ3) is 6.24. The highest BCUT2D eigenvalue weighted by Gasteiger charge is 2.29. The molecule has 0 spiro atoms. The molecule has 1 atom stereocenters. The van der Waals surface area contributed by atoms with Crippen LogP contribution in [-0.4, -0.2) is 86.0 Å². The van der Waals surface area contributed by atoms with Crippen molar-refractivity contribution in [3.8, 4) is 0 Å². The van der Waals surface area contributed by atoms with Crippen LogP contribution in [0.1, 0.15) is 12.2 Å². The van der Waals surface area contributed by atoms with E-state index in [1.165, 1.54) is 0 Å². The second kappa shape index (κ2) is 10.7. The molecule has 0 bridgehead atoms. The Balaban J connectivity index is 0.00000261. The number of aliphatic imine (C=N–C) groups is 1. The number of nitrogens with one attached hydrogen (secondary N) is 1. The van der Waals surface area contributed by atoms with Gasteiger partial charge in [0.1, 0.15) is 12.3 Å². The van der Waals surface area contributed by atoms with Crippen molar-refractivity contribution >= 4 is 35.8 Å². The average Bonchev–Trinajstić information content (AvgIpc) is 3.39. The lowest BCUT2D eigenvalue weighted by Gasteiger charge is -2.25. The second-order valence-corrected chi connectivity index (χ2v) is 7.00. The Morgan fingerprint density at radius 3 is 2.81 bits per heavy atom. The van der Waals surface area contributed by atoms with Gasteiger partial charge in [0.05, 0.1) is 6.26 Å². The maximum absolute atomic E-state index is 11.9. The summed E-state index contributed by atoms with van der Waals surface area (Å²) in [7, 11) is 3.52. The standard InChI is InChI=1S/C19H29N5O2.HI/c1-22(2)18(25)14-21-19(20-9-7-17-6-5-13-26-17)24-12-8-16(15-24)23-10-3-4-11-23;/h3-6,13,16H,7-12,14-15H2,1-2H3,(H,20,21);1H. The predicted molar refractivity (Wildman–Crippen MR) is 118 cm³/mol. The van der Waals surface area contributed by atoms with Crippen LogP contribution < -0.4 is 5.32 Å². The van der Waals surface area contributed by atoms with Gasteiger partial charge in [-0.05, 0) is 18.6 Å². The molecule has 2 aliphatic heterocycles. The van der Waals surface area contributed by atoms with Crippen molar-refractivity contribution in [3.05, 3.63) is 36.3 Å². The summed E-state index contributed by atoms with van der Waals surface area (Å²) in [5.74, 6) is 1.78. The topological polar surface area (TPSA) is 64.3 Å². The molecule has 1 amide bonds. The lowest BCUT2D eigenvalue weighted by Crippen LogP contribution is -2.44. The molecular formula is C19H30IN5O2. The van der Waals surface area contributed by atoms with E-state index in [0.717, 1.165) is 57.3 Å². The van der Waals surface area contributed by atoms with Gasteiger partial charge in [-0.2, -0.15) is 0 Å². The van der Waals surface area contributed by atoms with Crippen molar-refractivity contribution in [2.45, 2.75) is 18.9 Å². The van der Waals surface area contributed by atoms with Crippen molar-refractivity contribution in [1.29, 1.82) is 0 Å². The molecule has 2 aliphatic rings. The summed E-state index contributed by atoms with van der Waals surface area (Å²) >= 11 is 0. The molecule has 1 aromatic rings. The van der Waals surface area contributed by atoms with Gasteiger partial charge in [0.2, 0.25) is 5.91 Å². The van der Waals surface area contributed by atoms with Gasteiger partial charge in [-0.3, -0.25) is 9.69 Å². The van der Waals surface area contributed by atoms with Crippen LogP contribution in [0.3, 0.4) is 0 Å². The molecular weight excluding hydrogens is 457 g/mol. The molecule has 0 radical (unpaired) electrons. The fourth-order valence-electron chi connectivity index (χ4n) is 3.33. The van der Waals surface area contributed by atoms with Gasteiger partial charge in [-0.15, -0.1) is 24.0 Å². The van der Waals surface area contributed by atoms with Crippen LogP contribution in [0.15, 0.2) is 40.0 Å². The van der Waals surface area contributed by atoms with Crippen LogP contribution in [0.5, 0.6) is 0 Å². The highest BCUT2D eigenvalue weighted by molar-refractivity contribution is 14.0. The Bertz CT molecular complexity index is 637. The number of likely N-dealkylation sites (tertiary alicyclic amines) is 1. The molecule has 1 unspecified atom stereocenters. The van der Waals surface area contributed by atoms with E-state index in [1.807, 2.05) is 12.1 Å². The number of carbonyl (C=O) groups is 1. The van der Waals surface area contributed by atoms with Crippen molar-refractivity contribution in [3.63, 3.8) is 0 Å². The summed E-state index contributed by atoms with van der Waals surface area (Å²) in [6.07, 6.45) is 8.07. The van der Waals surface area contributed by atoms with Gasteiger partial charge in [0.15, 0.2) is 5.96 Å². The molecule has 0 aromatic carbocycles. The molecule has 1 N–H and O–H groups in total. The molecule has 1 fully saturated rings. The molecule has 3 rings (SSSR count). The maximum atomic E-state index is 11.9. The van der Waals surface area contributed by atoms with Crippen LogP contribution >= 0.6 is 24.0 Å². The summed E-state index contributed by atoms with van der Waals surface area (Å²) in [6, 6.07) is 4.42. The highest BCUT2D eigenvalue weighted by atomic mass is 127. The Morgan fingerprint density at radius 1 is 1.37 bits per heavy atom. The number of amides is 1. The lowest BCUT2D eigenvalue weighted by molar-refractivity contribution is -0.127. The molecule has 27 heavy (non-hydrogen) atoms. The summed E-state index contributed by atoms with van der Waals surface area (Å²) in [4.78, 5) is 22.9. The Hall–Kier alpha value is -1.55. The zero-order valence-corrected chi connectivity index (χ0v) is 18.5. The third-order valence-electron chi connectivity index (χ3n) is 4.92. The predicted octanol–water partition coefficient (Wildman–Crippen LogP) is 1.42. The van der Waals surface area contributed by atoms with E-state index >= 15 is 0 Å². The quantitative estimate of drug-likeness (QED) is 0.285. The number of rotatable bonds is 6. The fourth-order valence-corrected chi connectivity index (χ4v) is 3.33. The molecule has 8 heteroatoms. The number of carbonyl (C=O) groups excluding carboxylic acids is 1. The Kier molecular flexibility index (Phi) is 8.62. The number of nitrogens with zero attached hydrogens (tertiary/aromatic N) is 4. The van der Waals surface area contributed by atoms with Crippen molar-refractivity contribution in [2.24, 2.45) is 4.99 Å². The van der Waals surface area contributed by atoms with Crippen molar-refractivity contribution in [1.82, 2.24) is 20.0 Å². The number of halogens is 1. The normalized spacial score (nSPS) is 20.0. The number of hydrogen-bond donors (Lipinski definition) is 1. The smallest absolute Gasteiger partial charge is 0.243 e. The first-order chi connectivity index (χ1) is 12.6. The molecule has 0 saturated carbocycles. The first kappa shape index (κ1) is 21.7. The Morgan fingerprint density at radius 2 is 2.15 bits per heavy atom.